The summed E-state index contributed by atoms with van der Waals surface area (Å²) in [5.41, 5.74) is 9.03. The molecule has 0 radical (unpaired) electrons. The summed E-state index contributed by atoms with van der Waals surface area (Å²) in [5, 5.41) is 5.49. The molecule has 3 aliphatic heterocycles. The molecule has 0 unspecified atom stereocenters. The van der Waals surface area contributed by atoms with Gasteiger partial charge in [0.05, 0.1) is 38.2 Å². The number of nitrogens with one attached hydrogen (secondary N) is 3. The molecule has 3 N–H and O–H groups in total. The van der Waals surface area contributed by atoms with Crippen molar-refractivity contribution in [2.45, 2.75) is 83.1 Å². The van der Waals surface area contributed by atoms with Crippen LogP contribution in [0.15, 0.2) is 121 Å². The lowest BCUT2D eigenvalue weighted by atomic mass is 9.95. The zero-order valence-corrected chi connectivity index (χ0v) is 37.9. The monoisotopic (exact) mass is 891 g/mol. The standard InChI is InChI=1S/C52H57N7O7/c1-33(2)47(57-52(63)65-4)50(61)58-26-8-12-45(58)42-29-40(30-53-42)38-18-16-36(17-19-38)37-20-22-39(23-21-37)44-31-54-48(55-44)46-13-9-27-59(46)49(60)43(56-51(62)64-3)28-34-14-24-41(25-15-34)66-32-35-10-6-5-7-11-35/h5-7,10-11,14-25,30-31,33,43,45-47H,8-9,12-13,26-29,32H2,1-4H3,(H,54,55)(H,56,62)(H,57,63)/t43-,45-,46-,47-/m0/s1. The summed E-state index contributed by atoms with van der Waals surface area (Å²) >= 11 is 0. The van der Waals surface area contributed by atoms with Crippen molar-refractivity contribution in [1.29, 1.82) is 0 Å². The summed E-state index contributed by atoms with van der Waals surface area (Å²) in [7, 11) is 2.59. The summed E-state index contributed by atoms with van der Waals surface area (Å²) in [6, 6.07) is 32.4. The molecule has 0 spiro atoms. The zero-order chi connectivity index (χ0) is 46.2. The number of hydrogen-bond acceptors (Lipinski definition) is 9. The van der Waals surface area contributed by atoms with Gasteiger partial charge in [-0.2, -0.15) is 0 Å². The third-order valence-corrected chi connectivity index (χ3v) is 12.7. The van der Waals surface area contributed by atoms with Gasteiger partial charge >= 0.3 is 12.2 Å². The van der Waals surface area contributed by atoms with Crippen molar-refractivity contribution in [2.75, 3.05) is 27.3 Å². The van der Waals surface area contributed by atoms with E-state index in [2.05, 4.69) is 64.1 Å². The van der Waals surface area contributed by atoms with Gasteiger partial charge in [0.15, 0.2) is 0 Å². The number of nitrogens with zero attached hydrogens (tertiary/aromatic N) is 4. The van der Waals surface area contributed by atoms with Gasteiger partial charge in [-0.1, -0.05) is 105 Å². The number of allylic oxidation sites excluding steroid dienone is 1. The summed E-state index contributed by atoms with van der Waals surface area (Å²) < 4.78 is 15.6. The summed E-state index contributed by atoms with van der Waals surface area (Å²) in [6.45, 7) is 5.44. The first-order valence-corrected chi connectivity index (χ1v) is 22.7. The number of aliphatic imine (C=N–C) groups is 1. The van der Waals surface area contributed by atoms with E-state index in [4.69, 9.17) is 24.2 Å². The van der Waals surface area contributed by atoms with Crippen LogP contribution in [0.5, 0.6) is 5.75 Å². The average molecular weight is 892 g/mol. The molecule has 8 rings (SSSR count). The van der Waals surface area contributed by atoms with E-state index in [1.54, 1.807) is 6.20 Å². The number of benzene rings is 4. The average Bonchev–Trinajstić information content (AvgIpc) is 4.20. The number of amides is 4. The van der Waals surface area contributed by atoms with E-state index >= 15 is 0 Å². The quantitative estimate of drug-likeness (QED) is 0.0941. The van der Waals surface area contributed by atoms with Gasteiger partial charge in [-0.25, -0.2) is 14.6 Å². The molecule has 0 saturated carbocycles. The molecule has 1 aromatic heterocycles. The number of hydrogen-bond donors (Lipinski definition) is 3. The third kappa shape index (κ3) is 10.5. The molecule has 2 fully saturated rings. The van der Waals surface area contributed by atoms with Gasteiger partial charge in [-0.3, -0.25) is 14.6 Å². The zero-order valence-electron chi connectivity index (χ0n) is 37.9. The summed E-state index contributed by atoms with van der Waals surface area (Å²) in [6.07, 6.45) is 6.63. The van der Waals surface area contributed by atoms with Crippen molar-refractivity contribution in [2.24, 2.45) is 10.9 Å². The Morgan fingerprint density at radius 2 is 1.32 bits per heavy atom. The Hall–Kier alpha value is -7.22. The fourth-order valence-corrected chi connectivity index (χ4v) is 9.07. The Morgan fingerprint density at radius 1 is 0.712 bits per heavy atom. The number of carbonyl (C=O) groups is 4. The molecule has 3 aliphatic rings. The number of methoxy groups -OCH3 is 2. The van der Waals surface area contributed by atoms with Crippen molar-refractivity contribution in [3.63, 3.8) is 0 Å². The third-order valence-electron chi connectivity index (χ3n) is 12.7. The smallest absolute Gasteiger partial charge is 0.407 e. The van der Waals surface area contributed by atoms with E-state index in [-0.39, 0.29) is 36.2 Å². The second kappa shape index (κ2) is 20.7. The van der Waals surface area contributed by atoms with E-state index in [0.717, 1.165) is 76.0 Å². The van der Waals surface area contributed by atoms with Crippen molar-refractivity contribution >= 4 is 35.3 Å². The molecule has 4 heterocycles. The Bertz CT molecular complexity index is 2550. The molecule has 66 heavy (non-hydrogen) atoms. The maximum atomic E-state index is 14.2. The van der Waals surface area contributed by atoms with Gasteiger partial charge in [0.2, 0.25) is 11.8 Å². The van der Waals surface area contributed by atoms with Gasteiger partial charge in [0.1, 0.15) is 30.3 Å². The molecule has 0 bridgehead atoms. The number of alkyl carbamates (subject to hydrolysis) is 2. The molecule has 2 saturated heterocycles. The molecular formula is C52H57N7O7. The lowest BCUT2D eigenvalue weighted by molar-refractivity contribution is -0.135. The van der Waals surface area contributed by atoms with E-state index in [9.17, 15) is 19.2 Å². The SMILES string of the molecule is COC(=O)N[C@@H](Cc1ccc(OCc2ccccc2)cc1)C(=O)N1CCC[C@H]1c1ncc(-c2ccc(-c3ccc(C4=CN=C([C@@H]5CCCN5C(=O)[C@@H](NC(=O)OC)C(C)C)C4)cc3)cc2)[nH]1. The molecule has 4 amide bonds. The second-order valence-corrected chi connectivity index (χ2v) is 17.3. The van der Waals surface area contributed by atoms with Gasteiger partial charge < -0.3 is 39.6 Å². The number of aromatic amines is 1. The number of aromatic nitrogens is 2. The van der Waals surface area contributed by atoms with Crippen LogP contribution in [0.2, 0.25) is 0 Å². The normalized spacial score (nSPS) is 17.8. The molecule has 14 heteroatoms. The molecule has 4 aromatic carbocycles. The van der Waals surface area contributed by atoms with Crippen LogP contribution in [0, 0.1) is 5.92 Å². The molecule has 14 nitrogen and oxygen atoms in total. The number of imidazole rings is 1. The van der Waals surface area contributed by atoms with Crippen molar-refractivity contribution in [3.8, 4) is 28.1 Å². The van der Waals surface area contributed by atoms with Crippen LogP contribution in [0.3, 0.4) is 0 Å². The topological polar surface area (TPSA) is 168 Å². The first-order valence-electron chi connectivity index (χ1n) is 22.7. The van der Waals surface area contributed by atoms with Crippen molar-refractivity contribution < 1.29 is 33.4 Å². The second-order valence-electron chi connectivity index (χ2n) is 17.3. The number of rotatable bonds is 15. The van der Waals surface area contributed by atoms with E-state index in [1.165, 1.54) is 14.2 Å². The fourth-order valence-electron chi connectivity index (χ4n) is 9.07. The Labute approximate surface area is 385 Å². The van der Waals surface area contributed by atoms with Crippen molar-refractivity contribution in [3.05, 3.63) is 138 Å². The van der Waals surface area contributed by atoms with E-state index in [0.29, 0.717) is 37.7 Å². The predicted molar refractivity (Wildman–Crippen MR) is 252 cm³/mol. The lowest BCUT2D eigenvalue weighted by Crippen LogP contribution is -2.53. The molecule has 4 atom stereocenters. The van der Waals surface area contributed by atoms with E-state index < -0.39 is 24.3 Å². The van der Waals surface area contributed by atoms with Crippen LogP contribution < -0.4 is 15.4 Å². The van der Waals surface area contributed by atoms with Gasteiger partial charge in [-0.05, 0) is 82.7 Å². The first kappa shape index (κ1) is 45.4. The minimum absolute atomic E-state index is 0.0928. The minimum atomic E-state index is -0.840. The number of ether oxygens (including phenoxy) is 3. The van der Waals surface area contributed by atoms with Crippen LogP contribution in [0.4, 0.5) is 9.59 Å². The van der Waals surface area contributed by atoms with Gasteiger partial charge in [0, 0.05) is 37.8 Å². The maximum Gasteiger partial charge on any atom is 0.407 e. The number of likely N-dealkylation sites (tertiary alicyclic amines) is 2. The van der Waals surface area contributed by atoms with Crippen LogP contribution in [0.25, 0.3) is 28.0 Å². The highest BCUT2D eigenvalue weighted by atomic mass is 16.5. The number of H-pyrrole nitrogens is 1. The van der Waals surface area contributed by atoms with Gasteiger partial charge in [0.25, 0.3) is 0 Å². The lowest BCUT2D eigenvalue weighted by Gasteiger charge is -2.31. The van der Waals surface area contributed by atoms with Gasteiger partial charge in [-0.15, -0.1) is 0 Å². The van der Waals surface area contributed by atoms with Crippen LogP contribution in [-0.4, -0.2) is 94.9 Å². The highest BCUT2D eigenvalue weighted by molar-refractivity contribution is 6.04. The van der Waals surface area contributed by atoms with Crippen molar-refractivity contribution in [1.82, 2.24) is 30.4 Å². The Balaban J connectivity index is 0.874. The highest BCUT2D eigenvalue weighted by Crippen LogP contribution is 2.35. The number of carbonyl (C=O) groups excluding carboxylic acids is 4. The Kier molecular flexibility index (Phi) is 14.2. The first-order chi connectivity index (χ1) is 32.1. The van der Waals surface area contributed by atoms with Crippen LogP contribution >= 0.6 is 0 Å². The molecule has 5 aromatic rings. The minimum Gasteiger partial charge on any atom is -0.489 e. The van der Waals surface area contributed by atoms with E-state index in [1.807, 2.05) is 84.4 Å². The largest absolute Gasteiger partial charge is 0.489 e. The highest BCUT2D eigenvalue weighted by Gasteiger charge is 2.39. The summed E-state index contributed by atoms with van der Waals surface area (Å²) in [4.78, 5) is 69.0. The van der Waals surface area contributed by atoms with Crippen LogP contribution in [-0.2, 0) is 32.1 Å². The fraction of sp³-hybridized carbons (Fsp3) is 0.346. The molecule has 342 valence electrons. The molecular weight excluding hydrogens is 835 g/mol. The Morgan fingerprint density at radius 3 is 1.97 bits per heavy atom. The summed E-state index contributed by atoms with van der Waals surface area (Å²) in [5.74, 6) is 1.01. The predicted octanol–water partition coefficient (Wildman–Crippen LogP) is 8.51. The molecule has 0 aliphatic carbocycles. The maximum absolute atomic E-state index is 14.2. The van der Waals surface area contributed by atoms with Crippen LogP contribution in [0.1, 0.15) is 74.5 Å².